The molecule has 174 valence electrons. The maximum atomic E-state index is 10.9. The zero-order valence-electron chi connectivity index (χ0n) is 18.1. The van der Waals surface area contributed by atoms with E-state index in [2.05, 4.69) is 15.0 Å². The number of nitrogens with zero attached hydrogens (tertiary/aromatic N) is 4. The Morgan fingerprint density at radius 1 is 1.35 bits per heavy atom. The zero-order chi connectivity index (χ0) is 23.0. The van der Waals surface area contributed by atoms with E-state index in [-0.39, 0.29) is 17.4 Å². The predicted octanol–water partition coefficient (Wildman–Crippen LogP) is 2.26. The molecule has 1 saturated heterocycles. The third-order valence-corrected chi connectivity index (χ3v) is 10.3. The number of aromatic nitrogens is 4. The van der Waals surface area contributed by atoms with Gasteiger partial charge in [0.05, 0.1) is 19.5 Å². The van der Waals surface area contributed by atoms with Gasteiger partial charge < -0.3 is 20.1 Å². The molecule has 0 saturated carbocycles. The summed E-state index contributed by atoms with van der Waals surface area (Å²) >= 11 is 6.05. The lowest BCUT2D eigenvalue weighted by molar-refractivity contribution is -0.106. The lowest BCUT2D eigenvalue weighted by Crippen LogP contribution is -2.33. The fourth-order valence-electron chi connectivity index (χ4n) is 3.76. The summed E-state index contributed by atoms with van der Waals surface area (Å²) in [5, 5.41) is 29.5. The first kappa shape index (κ1) is 24.7. The molecule has 1 aliphatic rings. The lowest BCUT2D eigenvalue weighted by Gasteiger charge is -2.29. The number of halogens is 1. The summed E-state index contributed by atoms with van der Waals surface area (Å²) in [7, 11) is -2.93. The lowest BCUT2D eigenvalue weighted by atomic mass is 10.0. The van der Waals surface area contributed by atoms with E-state index in [4.69, 9.17) is 20.9 Å². The number of fused-ring (bicyclic) bond motifs is 1. The summed E-state index contributed by atoms with van der Waals surface area (Å²) in [5.41, 5.74) is -0.291. The van der Waals surface area contributed by atoms with E-state index in [1.807, 2.05) is 20.8 Å². The van der Waals surface area contributed by atoms with Crippen molar-refractivity contribution in [1.82, 2.24) is 19.5 Å². The largest absolute Gasteiger partial charge is 0.394 e. The molecule has 2 aromatic heterocycles. The van der Waals surface area contributed by atoms with Gasteiger partial charge in [0.15, 0.2) is 22.7 Å². The normalized spacial score (nSPS) is 29.6. The van der Waals surface area contributed by atoms with Gasteiger partial charge in [-0.1, -0.05) is 25.4 Å². The van der Waals surface area contributed by atoms with Crippen molar-refractivity contribution >= 4 is 30.5 Å². The second-order valence-electron chi connectivity index (χ2n) is 8.18. The number of hydrogen-bond donors (Lipinski definition) is 4. The molecule has 12 heteroatoms. The Bertz CT molecular complexity index is 921. The zero-order valence-corrected chi connectivity index (χ0v) is 19.8. The van der Waals surface area contributed by atoms with Crippen LogP contribution in [0.1, 0.15) is 53.2 Å². The van der Waals surface area contributed by atoms with Crippen molar-refractivity contribution in [1.29, 1.82) is 0 Å². The summed E-state index contributed by atoms with van der Waals surface area (Å²) in [5.74, 6) is 0. The molecule has 4 N–H and O–H groups in total. The Morgan fingerprint density at radius 2 is 2.06 bits per heavy atom. The van der Waals surface area contributed by atoms with Crippen LogP contribution in [0.3, 0.4) is 0 Å². The highest BCUT2D eigenvalue weighted by Crippen LogP contribution is 2.89. The second kappa shape index (κ2) is 9.11. The standard InChI is InChI=1S/C19H31ClN4O6P/c1-5-18(4,30-31(28)12(3)19(31,27)6-2)7-8-29-17(13(26)9-25)24-11-23-14-15(20)21-10-22-16(14)24/h10-13,17,25-28H,5-9H2,1-4H3/q+1/t12?,13-,17?,18+,19?,31?/m1/s1. The van der Waals surface area contributed by atoms with Gasteiger partial charge in [-0.2, -0.15) is 4.52 Å². The number of imidazole rings is 1. The van der Waals surface area contributed by atoms with Gasteiger partial charge in [0.1, 0.15) is 23.5 Å². The summed E-state index contributed by atoms with van der Waals surface area (Å²) < 4.78 is 13.5. The van der Waals surface area contributed by atoms with Crippen molar-refractivity contribution in [3.8, 4) is 0 Å². The second-order valence-corrected chi connectivity index (χ2v) is 11.5. The van der Waals surface area contributed by atoms with E-state index < -0.39 is 37.6 Å². The van der Waals surface area contributed by atoms with Crippen molar-refractivity contribution < 1.29 is 29.5 Å². The van der Waals surface area contributed by atoms with Crippen LogP contribution in [-0.2, 0) is 9.26 Å². The van der Waals surface area contributed by atoms with E-state index in [1.54, 1.807) is 6.92 Å². The quantitative estimate of drug-likeness (QED) is 0.283. The summed E-state index contributed by atoms with van der Waals surface area (Å²) in [4.78, 5) is 23.1. The molecule has 3 rings (SSSR count). The Labute approximate surface area is 186 Å². The first-order valence-corrected chi connectivity index (χ1v) is 12.5. The average molecular weight is 478 g/mol. The van der Waals surface area contributed by atoms with Crippen molar-refractivity contribution in [3.05, 3.63) is 17.8 Å². The van der Waals surface area contributed by atoms with E-state index in [0.29, 0.717) is 30.4 Å². The molecular weight excluding hydrogens is 447 g/mol. The average Bonchev–Trinajstić information content (AvgIpc) is 3.05. The highest BCUT2D eigenvalue weighted by atomic mass is 35.5. The maximum Gasteiger partial charge on any atom is 0.318 e. The predicted molar refractivity (Wildman–Crippen MR) is 117 cm³/mol. The number of hydrogen-bond acceptors (Lipinski definition) is 9. The van der Waals surface area contributed by atoms with Gasteiger partial charge >= 0.3 is 7.72 Å². The minimum atomic E-state index is -2.93. The van der Waals surface area contributed by atoms with Crippen molar-refractivity contribution in [3.63, 3.8) is 0 Å². The van der Waals surface area contributed by atoms with E-state index >= 15 is 0 Å². The molecule has 0 bridgehead atoms. The van der Waals surface area contributed by atoms with Gasteiger partial charge in [-0.05, 0) is 20.3 Å². The topological polar surface area (TPSA) is 143 Å². The highest BCUT2D eigenvalue weighted by Gasteiger charge is 2.88. The van der Waals surface area contributed by atoms with Crippen LogP contribution < -0.4 is 0 Å². The van der Waals surface area contributed by atoms with Gasteiger partial charge in [-0.3, -0.25) is 4.57 Å². The molecule has 1 aliphatic heterocycles. The van der Waals surface area contributed by atoms with Crippen LogP contribution >= 0.6 is 19.3 Å². The molecule has 0 aromatic carbocycles. The van der Waals surface area contributed by atoms with Gasteiger partial charge in [0.2, 0.25) is 0 Å². The fourth-order valence-corrected chi connectivity index (χ4v) is 7.25. The number of aliphatic hydroxyl groups excluding tert-OH is 2. The van der Waals surface area contributed by atoms with Crippen LogP contribution in [0.4, 0.5) is 0 Å². The molecule has 1 fully saturated rings. The molecule has 3 heterocycles. The first-order valence-electron chi connectivity index (χ1n) is 10.3. The summed E-state index contributed by atoms with van der Waals surface area (Å²) in [6.07, 6.45) is 1.93. The minimum absolute atomic E-state index is 0.156. The van der Waals surface area contributed by atoms with E-state index in [9.17, 15) is 20.2 Å². The molecule has 0 aliphatic carbocycles. The molecular formula is C19H31ClN4O6P+. The molecule has 31 heavy (non-hydrogen) atoms. The molecule has 6 atom stereocenters. The summed E-state index contributed by atoms with van der Waals surface area (Å²) in [6, 6.07) is 0. The van der Waals surface area contributed by atoms with Crippen LogP contribution in [-0.4, -0.2) is 75.7 Å². The van der Waals surface area contributed by atoms with Gasteiger partial charge in [0, 0.05) is 12.8 Å². The van der Waals surface area contributed by atoms with Crippen LogP contribution in [0.2, 0.25) is 5.15 Å². The first-order chi connectivity index (χ1) is 14.6. The number of rotatable bonds is 11. The SMILES string of the molecule is CCC1(O)C(C)[P+]1(O)O[C@@](C)(CC)CCOC([C@H](O)CO)n1cnc2c(Cl)ncnc21. The van der Waals surface area contributed by atoms with Crippen LogP contribution in [0, 0.1) is 0 Å². The third kappa shape index (κ3) is 4.32. The molecule has 4 unspecified atom stereocenters. The van der Waals surface area contributed by atoms with Gasteiger partial charge in [0.25, 0.3) is 5.34 Å². The number of aliphatic hydroxyl groups is 3. The van der Waals surface area contributed by atoms with E-state index in [1.165, 1.54) is 17.2 Å². The molecule has 10 nitrogen and oxygen atoms in total. The van der Waals surface area contributed by atoms with Gasteiger partial charge in [-0.25, -0.2) is 19.8 Å². The minimum Gasteiger partial charge on any atom is -0.394 e. The third-order valence-electron chi connectivity index (χ3n) is 6.33. The Morgan fingerprint density at radius 3 is 2.65 bits per heavy atom. The van der Waals surface area contributed by atoms with Crippen LogP contribution in [0.25, 0.3) is 11.2 Å². The van der Waals surface area contributed by atoms with Crippen LogP contribution in [0.5, 0.6) is 0 Å². The van der Waals surface area contributed by atoms with Crippen molar-refractivity contribution in [2.45, 2.75) is 75.9 Å². The Balaban J connectivity index is 1.72. The highest BCUT2D eigenvalue weighted by molar-refractivity contribution is 7.75. The summed E-state index contributed by atoms with van der Waals surface area (Å²) in [6.45, 7) is 7.06. The fraction of sp³-hybridized carbons (Fsp3) is 0.737. The van der Waals surface area contributed by atoms with Crippen LogP contribution in [0.15, 0.2) is 12.7 Å². The van der Waals surface area contributed by atoms with E-state index in [0.717, 1.165) is 0 Å². The number of ether oxygens (including phenoxy) is 1. The molecule has 0 spiro atoms. The Kier molecular flexibility index (Phi) is 7.25. The molecule has 0 amide bonds. The monoisotopic (exact) mass is 477 g/mol. The van der Waals surface area contributed by atoms with Crippen molar-refractivity contribution in [2.24, 2.45) is 0 Å². The van der Waals surface area contributed by atoms with Gasteiger partial charge in [-0.15, -0.1) is 0 Å². The molecule has 0 radical (unpaired) electrons. The Hall–Kier alpha value is -0.970. The molecule has 2 aromatic rings. The van der Waals surface area contributed by atoms with Crippen molar-refractivity contribution in [2.75, 3.05) is 13.2 Å². The maximum absolute atomic E-state index is 10.9. The smallest absolute Gasteiger partial charge is 0.318 e.